The third-order valence-corrected chi connectivity index (χ3v) is 5.90. The standard InChI is InChI=1S/C15H22BrNO2S/c1-11-8-13(10-15(2,3)9-11)17-20(18,19)14-6-4-12(16)5-7-14/h4-7,11,13,17H,8-10H2,1-3H3/t11-,13-/m0/s1. The summed E-state index contributed by atoms with van der Waals surface area (Å²) in [5.41, 5.74) is 0.199. The van der Waals surface area contributed by atoms with Crippen LogP contribution >= 0.6 is 15.9 Å². The van der Waals surface area contributed by atoms with E-state index in [9.17, 15) is 8.42 Å². The lowest BCUT2D eigenvalue weighted by Crippen LogP contribution is -2.42. The zero-order valence-electron chi connectivity index (χ0n) is 12.2. The molecule has 2 atom stereocenters. The molecule has 0 heterocycles. The number of sulfonamides is 1. The van der Waals surface area contributed by atoms with Crippen molar-refractivity contribution in [2.24, 2.45) is 11.3 Å². The van der Waals surface area contributed by atoms with Gasteiger partial charge in [0.05, 0.1) is 4.90 Å². The molecule has 0 bridgehead atoms. The summed E-state index contributed by atoms with van der Waals surface area (Å²) in [7, 11) is -3.42. The molecule has 5 heteroatoms. The van der Waals surface area contributed by atoms with E-state index in [-0.39, 0.29) is 11.5 Å². The molecule has 1 aromatic rings. The topological polar surface area (TPSA) is 46.2 Å². The fourth-order valence-corrected chi connectivity index (χ4v) is 4.85. The van der Waals surface area contributed by atoms with Crippen molar-refractivity contribution in [1.29, 1.82) is 0 Å². The van der Waals surface area contributed by atoms with Gasteiger partial charge in [0.1, 0.15) is 0 Å². The molecule has 0 aromatic heterocycles. The molecule has 1 fully saturated rings. The van der Waals surface area contributed by atoms with Gasteiger partial charge in [-0.15, -0.1) is 0 Å². The van der Waals surface area contributed by atoms with Crippen LogP contribution in [0, 0.1) is 11.3 Å². The molecule has 0 aliphatic heterocycles. The predicted molar refractivity (Wildman–Crippen MR) is 85.0 cm³/mol. The van der Waals surface area contributed by atoms with Crippen LogP contribution in [0.15, 0.2) is 33.6 Å². The average molecular weight is 360 g/mol. The highest BCUT2D eigenvalue weighted by molar-refractivity contribution is 9.10. The lowest BCUT2D eigenvalue weighted by atomic mass is 9.71. The van der Waals surface area contributed by atoms with Gasteiger partial charge in [-0.25, -0.2) is 13.1 Å². The third-order valence-electron chi connectivity index (χ3n) is 3.83. The van der Waals surface area contributed by atoms with Crippen molar-refractivity contribution in [2.75, 3.05) is 0 Å². The van der Waals surface area contributed by atoms with E-state index in [1.165, 1.54) is 0 Å². The number of halogens is 1. The molecule has 3 nitrogen and oxygen atoms in total. The van der Waals surface area contributed by atoms with Crippen molar-refractivity contribution in [2.45, 2.75) is 51.0 Å². The second-order valence-electron chi connectivity index (χ2n) is 6.69. The fraction of sp³-hybridized carbons (Fsp3) is 0.600. The number of hydrogen-bond donors (Lipinski definition) is 1. The minimum absolute atomic E-state index is 0.0300. The van der Waals surface area contributed by atoms with E-state index in [0.29, 0.717) is 10.8 Å². The summed E-state index contributed by atoms with van der Waals surface area (Å²) in [6, 6.07) is 6.79. The Balaban J connectivity index is 2.14. The van der Waals surface area contributed by atoms with Gasteiger partial charge in [0, 0.05) is 10.5 Å². The quantitative estimate of drug-likeness (QED) is 0.887. The Labute approximate surface area is 130 Å². The molecule has 1 aromatic carbocycles. The molecule has 20 heavy (non-hydrogen) atoms. The molecule has 0 radical (unpaired) electrons. The van der Waals surface area contributed by atoms with Gasteiger partial charge in [0.25, 0.3) is 0 Å². The molecule has 1 aliphatic carbocycles. The summed E-state index contributed by atoms with van der Waals surface area (Å²) in [4.78, 5) is 0.330. The van der Waals surface area contributed by atoms with Crippen molar-refractivity contribution in [3.05, 3.63) is 28.7 Å². The van der Waals surface area contributed by atoms with Gasteiger partial charge >= 0.3 is 0 Å². The van der Waals surface area contributed by atoms with Gasteiger partial charge in [0.2, 0.25) is 10.0 Å². The van der Waals surface area contributed by atoms with Crippen LogP contribution in [0.5, 0.6) is 0 Å². The van der Waals surface area contributed by atoms with Crippen molar-refractivity contribution in [3.8, 4) is 0 Å². The first kappa shape index (κ1) is 16.0. The van der Waals surface area contributed by atoms with E-state index >= 15 is 0 Å². The highest BCUT2D eigenvalue weighted by Crippen LogP contribution is 2.38. The number of hydrogen-bond acceptors (Lipinski definition) is 2. The first-order chi connectivity index (χ1) is 9.18. The molecule has 1 aliphatic rings. The average Bonchev–Trinajstić information content (AvgIpc) is 2.25. The zero-order chi connectivity index (χ0) is 15.0. The second kappa shape index (κ2) is 5.78. The van der Waals surface area contributed by atoms with Gasteiger partial charge in [0.15, 0.2) is 0 Å². The van der Waals surface area contributed by atoms with Gasteiger partial charge in [-0.2, -0.15) is 0 Å². The molecule has 1 saturated carbocycles. The maximum Gasteiger partial charge on any atom is 0.240 e. The van der Waals surface area contributed by atoms with Crippen LogP contribution in [0.2, 0.25) is 0 Å². The van der Waals surface area contributed by atoms with Crippen LogP contribution in [-0.4, -0.2) is 14.5 Å². The first-order valence-electron chi connectivity index (χ1n) is 6.96. The summed E-state index contributed by atoms with van der Waals surface area (Å²) in [6.07, 6.45) is 2.97. The molecule has 112 valence electrons. The Morgan fingerprint density at radius 2 is 1.80 bits per heavy atom. The van der Waals surface area contributed by atoms with E-state index < -0.39 is 10.0 Å². The van der Waals surface area contributed by atoms with E-state index in [2.05, 4.69) is 41.4 Å². The molecule has 0 amide bonds. The van der Waals surface area contributed by atoms with Crippen molar-refractivity contribution >= 4 is 26.0 Å². The molecule has 0 unspecified atom stereocenters. The Morgan fingerprint density at radius 1 is 1.20 bits per heavy atom. The van der Waals surface area contributed by atoms with Gasteiger partial charge < -0.3 is 0 Å². The summed E-state index contributed by atoms with van der Waals surface area (Å²) >= 11 is 3.32. The first-order valence-corrected chi connectivity index (χ1v) is 9.23. The van der Waals surface area contributed by atoms with Crippen molar-refractivity contribution in [3.63, 3.8) is 0 Å². The molecule has 1 N–H and O–H groups in total. The Bertz CT molecular complexity index is 566. The van der Waals surface area contributed by atoms with Gasteiger partial charge in [-0.05, 0) is 54.9 Å². The molecule has 2 rings (SSSR count). The Hall–Kier alpha value is -0.390. The van der Waals surface area contributed by atoms with E-state index in [1.54, 1.807) is 24.3 Å². The maximum atomic E-state index is 12.4. The lowest BCUT2D eigenvalue weighted by Gasteiger charge is -2.39. The molecular weight excluding hydrogens is 338 g/mol. The maximum absolute atomic E-state index is 12.4. The zero-order valence-corrected chi connectivity index (χ0v) is 14.6. The van der Waals surface area contributed by atoms with Crippen molar-refractivity contribution in [1.82, 2.24) is 4.72 Å². The van der Waals surface area contributed by atoms with Crippen LogP contribution in [0.1, 0.15) is 40.0 Å². The van der Waals surface area contributed by atoms with Crippen LogP contribution in [0.3, 0.4) is 0 Å². The normalized spacial score (nSPS) is 26.4. The Morgan fingerprint density at radius 3 is 2.35 bits per heavy atom. The fourth-order valence-electron chi connectivity index (χ4n) is 3.34. The summed E-state index contributed by atoms with van der Waals surface area (Å²) in [5.74, 6) is 0.552. The molecule has 0 spiro atoms. The van der Waals surface area contributed by atoms with Gasteiger partial charge in [-0.1, -0.05) is 36.7 Å². The second-order valence-corrected chi connectivity index (χ2v) is 9.32. The van der Waals surface area contributed by atoms with E-state index in [1.807, 2.05) is 0 Å². The number of nitrogens with one attached hydrogen (secondary N) is 1. The van der Waals surface area contributed by atoms with Crippen LogP contribution in [0.25, 0.3) is 0 Å². The van der Waals surface area contributed by atoms with Crippen molar-refractivity contribution < 1.29 is 8.42 Å². The largest absolute Gasteiger partial charge is 0.240 e. The Kier molecular flexibility index (Phi) is 4.62. The molecule has 0 saturated heterocycles. The lowest BCUT2D eigenvalue weighted by molar-refractivity contribution is 0.163. The minimum atomic E-state index is -3.42. The van der Waals surface area contributed by atoms with Crippen LogP contribution < -0.4 is 4.72 Å². The molecular formula is C15H22BrNO2S. The highest BCUT2D eigenvalue weighted by Gasteiger charge is 2.34. The monoisotopic (exact) mass is 359 g/mol. The SMILES string of the molecule is C[C@H]1C[C@H](NS(=O)(=O)c2ccc(Br)cc2)CC(C)(C)C1. The predicted octanol–water partition coefficient (Wildman–Crippen LogP) is 3.94. The summed E-state index contributed by atoms with van der Waals surface area (Å²) in [6.45, 7) is 6.62. The third kappa shape index (κ3) is 4.06. The smallest absolute Gasteiger partial charge is 0.208 e. The minimum Gasteiger partial charge on any atom is -0.208 e. The highest BCUT2D eigenvalue weighted by atomic mass is 79.9. The van der Waals surface area contributed by atoms with E-state index in [4.69, 9.17) is 0 Å². The summed E-state index contributed by atoms with van der Waals surface area (Å²) in [5, 5.41) is 0. The van der Waals surface area contributed by atoms with Crippen LogP contribution in [0.4, 0.5) is 0 Å². The van der Waals surface area contributed by atoms with Crippen LogP contribution in [-0.2, 0) is 10.0 Å². The summed E-state index contributed by atoms with van der Waals surface area (Å²) < 4.78 is 28.6. The number of rotatable bonds is 3. The number of benzene rings is 1. The van der Waals surface area contributed by atoms with Gasteiger partial charge in [-0.3, -0.25) is 0 Å². The van der Waals surface area contributed by atoms with E-state index in [0.717, 1.165) is 23.7 Å².